The number of aromatic nitrogens is 2. The molecule has 0 spiro atoms. The van der Waals surface area contributed by atoms with Crippen LogP contribution in [0.2, 0.25) is 0 Å². The van der Waals surface area contributed by atoms with Crippen molar-refractivity contribution < 1.29 is 9.59 Å². The Morgan fingerprint density at radius 2 is 1.94 bits per heavy atom. The zero-order chi connectivity index (χ0) is 25.9. The van der Waals surface area contributed by atoms with Crippen molar-refractivity contribution in [1.29, 1.82) is 0 Å². The van der Waals surface area contributed by atoms with Gasteiger partial charge in [-0.05, 0) is 63.3 Å². The number of aliphatic imine (C=N–C) groups is 1. The minimum Gasteiger partial charge on any atom is -0.348 e. The van der Waals surface area contributed by atoms with Gasteiger partial charge in [-0.25, -0.2) is 4.98 Å². The van der Waals surface area contributed by atoms with Gasteiger partial charge in [0.25, 0.3) is 5.91 Å². The van der Waals surface area contributed by atoms with E-state index in [1.54, 1.807) is 12.3 Å². The van der Waals surface area contributed by atoms with Gasteiger partial charge >= 0.3 is 0 Å². The van der Waals surface area contributed by atoms with Gasteiger partial charge in [0.1, 0.15) is 0 Å². The minimum absolute atomic E-state index is 0.116. The van der Waals surface area contributed by atoms with Gasteiger partial charge in [0, 0.05) is 41.1 Å². The SMILES string of the molecule is CC1CC=C(c2cccc(-c3csc(NC(=O)CNC(=O)c4ccn(C(C)(C)C)c4)n3)c2)C=NC1C. The molecule has 2 N–H and O–H groups in total. The van der Waals surface area contributed by atoms with Crippen LogP contribution in [-0.4, -0.2) is 40.2 Å². The smallest absolute Gasteiger partial charge is 0.253 e. The molecular formula is C28H33N5O2S. The second-order valence-electron chi connectivity index (χ2n) is 10.2. The van der Waals surface area contributed by atoms with E-state index in [1.165, 1.54) is 11.3 Å². The van der Waals surface area contributed by atoms with Gasteiger partial charge in [-0.3, -0.25) is 14.6 Å². The Kier molecular flexibility index (Phi) is 7.54. The molecule has 3 aromatic rings. The molecule has 4 rings (SSSR count). The van der Waals surface area contributed by atoms with E-state index in [9.17, 15) is 9.59 Å². The lowest BCUT2D eigenvalue weighted by Crippen LogP contribution is -2.32. The average molecular weight is 504 g/mol. The van der Waals surface area contributed by atoms with Gasteiger partial charge in [0.2, 0.25) is 5.91 Å². The number of amides is 2. The van der Waals surface area contributed by atoms with Gasteiger partial charge in [-0.15, -0.1) is 11.3 Å². The molecule has 8 heteroatoms. The van der Waals surface area contributed by atoms with Crippen LogP contribution in [-0.2, 0) is 10.3 Å². The first-order chi connectivity index (χ1) is 17.1. The maximum Gasteiger partial charge on any atom is 0.253 e. The molecule has 1 aliphatic heterocycles. The van der Waals surface area contributed by atoms with E-state index in [0.717, 1.165) is 28.8 Å². The highest BCUT2D eigenvalue weighted by Crippen LogP contribution is 2.28. The fourth-order valence-corrected chi connectivity index (χ4v) is 4.53. The van der Waals surface area contributed by atoms with Crippen LogP contribution in [0.25, 0.3) is 16.8 Å². The Balaban J connectivity index is 1.36. The number of nitrogens with zero attached hydrogens (tertiary/aromatic N) is 3. The first-order valence-electron chi connectivity index (χ1n) is 12.2. The summed E-state index contributed by atoms with van der Waals surface area (Å²) in [6, 6.07) is 10.3. The van der Waals surface area contributed by atoms with Gasteiger partial charge in [0.15, 0.2) is 5.13 Å². The topological polar surface area (TPSA) is 88.4 Å². The summed E-state index contributed by atoms with van der Waals surface area (Å²) < 4.78 is 1.97. The molecule has 0 saturated carbocycles. The first-order valence-corrected chi connectivity index (χ1v) is 13.0. The van der Waals surface area contributed by atoms with Crippen molar-refractivity contribution in [3.8, 4) is 11.3 Å². The highest BCUT2D eigenvalue weighted by atomic mass is 32.1. The summed E-state index contributed by atoms with van der Waals surface area (Å²) in [6.45, 7) is 10.4. The molecule has 2 unspecified atom stereocenters. The van der Waals surface area contributed by atoms with E-state index in [1.807, 2.05) is 34.5 Å². The lowest BCUT2D eigenvalue weighted by atomic mass is 9.98. The molecule has 1 aromatic carbocycles. The number of allylic oxidation sites excluding steroid dienone is 2. The van der Waals surface area contributed by atoms with Crippen LogP contribution in [0.15, 0.2) is 59.2 Å². The Bertz CT molecular complexity index is 1310. The number of carbonyl (C=O) groups excluding carboxylic acids is 2. The normalized spacial score (nSPS) is 17.9. The largest absolute Gasteiger partial charge is 0.348 e. The molecule has 2 aromatic heterocycles. The summed E-state index contributed by atoms with van der Waals surface area (Å²) in [4.78, 5) is 34.1. The number of nitrogens with one attached hydrogen (secondary N) is 2. The average Bonchev–Trinajstić information content (AvgIpc) is 3.49. The number of thiazole rings is 1. The van der Waals surface area contributed by atoms with Crippen molar-refractivity contribution in [3.05, 3.63) is 65.3 Å². The van der Waals surface area contributed by atoms with Crippen molar-refractivity contribution in [2.45, 2.75) is 52.6 Å². The fourth-order valence-electron chi connectivity index (χ4n) is 3.80. The number of benzene rings is 1. The molecule has 3 heterocycles. The number of hydrogen-bond donors (Lipinski definition) is 2. The predicted octanol–water partition coefficient (Wildman–Crippen LogP) is 5.62. The molecular weight excluding hydrogens is 470 g/mol. The van der Waals surface area contributed by atoms with Gasteiger partial charge in [-0.2, -0.15) is 0 Å². The molecule has 188 valence electrons. The Hall–Kier alpha value is -3.52. The van der Waals surface area contributed by atoms with Crippen molar-refractivity contribution in [3.63, 3.8) is 0 Å². The maximum absolute atomic E-state index is 12.4. The predicted molar refractivity (Wildman–Crippen MR) is 148 cm³/mol. The summed E-state index contributed by atoms with van der Waals surface area (Å²) in [5, 5.41) is 7.86. The molecule has 0 fully saturated rings. The standard InChI is InChI=1S/C28H33N5O2S/c1-18-9-10-22(14-29-19(18)2)20-7-6-8-21(13-20)24-17-36-27(31-24)32-25(34)15-30-26(35)23-11-12-33(16-23)28(3,4)5/h6-8,10-14,16-19H,9,15H2,1-5H3,(H,30,35)(H,31,32,34). The molecule has 0 bridgehead atoms. The van der Waals surface area contributed by atoms with Gasteiger partial charge in [0.05, 0.1) is 17.8 Å². The third kappa shape index (κ3) is 6.18. The van der Waals surface area contributed by atoms with E-state index in [4.69, 9.17) is 0 Å². The van der Waals surface area contributed by atoms with Crippen LogP contribution in [0.1, 0.15) is 57.0 Å². The lowest BCUT2D eigenvalue weighted by molar-refractivity contribution is -0.115. The molecule has 0 radical (unpaired) electrons. The second kappa shape index (κ2) is 10.6. The molecule has 7 nitrogen and oxygen atoms in total. The van der Waals surface area contributed by atoms with Crippen molar-refractivity contribution in [2.24, 2.45) is 10.9 Å². The highest BCUT2D eigenvalue weighted by molar-refractivity contribution is 7.14. The molecule has 2 amide bonds. The summed E-state index contributed by atoms with van der Waals surface area (Å²) in [6.07, 6.45) is 8.85. The summed E-state index contributed by atoms with van der Waals surface area (Å²) in [5.41, 5.74) is 4.38. The molecule has 2 atom stereocenters. The second-order valence-corrected chi connectivity index (χ2v) is 11.1. The summed E-state index contributed by atoms with van der Waals surface area (Å²) >= 11 is 1.35. The lowest BCUT2D eigenvalue weighted by Gasteiger charge is -2.20. The highest BCUT2D eigenvalue weighted by Gasteiger charge is 2.17. The third-order valence-electron chi connectivity index (χ3n) is 6.36. The van der Waals surface area contributed by atoms with Crippen LogP contribution < -0.4 is 10.6 Å². The van der Waals surface area contributed by atoms with Crippen LogP contribution in [0.3, 0.4) is 0 Å². The van der Waals surface area contributed by atoms with Crippen molar-refractivity contribution in [2.75, 3.05) is 11.9 Å². The third-order valence-corrected chi connectivity index (χ3v) is 7.12. The number of carbonyl (C=O) groups is 2. The Morgan fingerprint density at radius 3 is 2.69 bits per heavy atom. The maximum atomic E-state index is 12.4. The number of hydrogen-bond acceptors (Lipinski definition) is 5. The zero-order valence-corrected chi connectivity index (χ0v) is 22.2. The Morgan fingerprint density at radius 1 is 1.17 bits per heavy atom. The molecule has 0 aliphatic carbocycles. The minimum atomic E-state index is -0.323. The van der Waals surface area contributed by atoms with E-state index in [2.05, 4.69) is 73.4 Å². The number of rotatable bonds is 6. The van der Waals surface area contributed by atoms with Crippen molar-refractivity contribution in [1.82, 2.24) is 14.9 Å². The first kappa shape index (κ1) is 25.6. The monoisotopic (exact) mass is 503 g/mol. The van der Waals surface area contributed by atoms with E-state index in [0.29, 0.717) is 22.7 Å². The van der Waals surface area contributed by atoms with Gasteiger partial charge < -0.3 is 15.2 Å². The van der Waals surface area contributed by atoms with E-state index in [-0.39, 0.29) is 23.9 Å². The van der Waals surface area contributed by atoms with Crippen LogP contribution in [0, 0.1) is 5.92 Å². The van der Waals surface area contributed by atoms with E-state index >= 15 is 0 Å². The summed E-state index contributed by atoms with van der Waals surface area (Å²) in [5.74, 6) is -0.0952. The van der Waals surface area contributed by atoms with Crippen LogP contribution in [0.5, 0.6) is 0 Å². The molecule has 1 aliphatic rings. The van der Waals surface area contributed by atoms with Gasteiger partial charge in [-0.1, -0.05) is 31.2 Å². The summed E-state index contributed by atoms with van der Waals surface area (Å²) in [7, 11) is 0. The van der Waals surface area contributed by atoms with Crippen LogP contribution in [0.4, 0.5) is 5.13 Å². The fraction of sp³-hybridized carbons (Fsp3) is 0.357. The number of anilines is 1. The Labute approximate surface area is 216 Å². The van der Waals surface area contributed by atoms with Crippen LogP contribution >= 0.6 is 11.3 Å². The van der Waals surface area contributed by atoms with E-state index < -0.39 is 0 Å². The zero-order valence-electron chi connectivity index (χ0n) is 21.4. The molecule has 0 saturated heterocycles. The van der Waals surface area contributed by atoms with Crippen molar-refractivity contribution >= 4 is 40.1 Å². The quantitative estimate of drug-likeness (QED) is 0.458. The molecule has 36 heavy (non-hydrogen) atoms.